The molecule has 0 amide bonds. The molecule has 0 atom stereocenters. The second-order valence-electron chi connectivity index (χ2n) is 19.4. The van der Waals surface area contributed by atoms with Gasteiger partial charge in [0.2, 0.25) is 0 Å². The van der Waals surface area contributed by atoms with Crippen LogP contribution in [0.5, 0.6) is 0 Å². The molecule has 0 aliphatic heterocycles. The molecule has 0 unspecified atom stereocenters. The molecule has 0 fully saturated rings. The van der Waals surface area contributed by atoms with Gasteiger partial charge in [-0.1, -0.05) is 24.3 Å². The highest BCUT2D eigenvalue weighted by Gasteiger charge is 2.32. The minimum Gasteiger partial charge on any atom is -0.308 e. The predicted molar refractivity (Wildman–Crippen MR) is 318 cm³/mol. The summed E-state index contributed by atoms with van der Waals surface area (Å²) in [5, 5.41) is 14.4. The molecule has 0 aliphatic rings. The van der Waals surface area contributed by atoms with Crippen LogP contribution in [0, 0.1) is 78.7 Å². The minimum atomic E-state index is -0.340. The maximum absolute atomic E-state index is 15.1. The van der Waals surface area contributed by atoms with Crippen LogP contribution in [0.1, 0.15) is 41.8 Å². The number of rotatable bonds is 12. The van der Waals surface area contributed by atoms with Crippen LogP contribution in [0.15, 0.2) is 155 Å². The first kappa shape index (κ1) is 49.4. The quantitative estimate of drug-likeness (QED) is 0.0893. The van der Waals surface area contributed by atoms with E-state index in [4.69, 9.17) is 0 Å². The van der Waals surface area contributed by atoms with Crippen molar-refractivity contribution in [2.75, 3.05) is 19.6 Å². The highest BCUT2D eigenvalue weighted by atomic mass is 32.1. The molecular formula is C64H50F4N4S4. The first-order chi connectivity index (χ1) is 36.7. The molecule has 0 bridgehead atoms. The molecule has 378 valence electrons. The zero-order chi connectivity index (χ0) is 52.8. The lowest BCUT2D eigenvalue weighted by Gasteiger charge is -2.35. The normalized spacial score (nSPS) is 11.7. The van der Waals surface area contributed by atoms with E-state index in [9.17, 15) is 0 Å². The van der Waals surface area contributed by atoms with Gasteiger partial charge in [0.15, 0.2) is 0 Å². The van der Waals surface area contributed by atoms with Crippen LogP contribution in [-0.4, -0.2) is 0 Å². The summed E-state index contributed by atoms with van der Waals surface area (Å²) in [6, 6.07) is 40.1. The van der Waals surface area contributed by atoms with Gasteiger partial charge in [-0.15, -0.1) is 45.3 Å². The number of hydrogen-bond acceptors (Lipinski definition) is 8. The van der Waals surface area contributed by atoms with Gasteiger partial charge in [0.1, 0.15) is 23.3 Å². The molecule has 4 heterocycles. The van der Waals surface area contributed by atoms with E-state index in [1.165, 1.54) is 48.5 Å². The maximum atomic E-state index is 15.1. The Morgan fingerprint density at radius 2 is 0.474 bits per heavy atom. The zero-order valence-electron chi connectivity index (χ0n) is 42.9. The number of anilines is 12. The summed E-state index contributed by atoms with van der Waals surface area (Å²) in [7, 11) is 0. The lowest BCUT2D eigenvalue weighted by molar-refractivity contribution is 0.627. The molecule has 4 aromatic heterocycles. The van der Waals surface area contributed by atoms with E-state index >= 15 is 17.6 Å². The van der Waals surface area contributed by atoms with Crippen LogP contribution < -0.4 is 19.6 Å². The SMILES string of the molecule is Cc1csc(C)c1N(c1ccc(F)cc1)c1cc(N(c2ccc(F)cc2)c2c(C)csc2C)c2ccc3c(N(c4ccc(F)cc4)c4c(C)csc4C)cc(N(c4ccc(F)cc4)c4c(C)csc4C)c4ccc1c2c43. The summed E-state index contributed by atoms with van der Waals surface area (Å²) in [5.74, 6) is -1.36. The van der Waals surface area contributed by atoms with Crippen LogP contribution in [0.25, 0.3) is 32.3 Å². The van der Waals surface area contributed by atoms with Gasteiger partial charge in [-0.3, -0.25) is 0 Å². The van der Waals surface area contributed by atoms with Crippen molar-refractivity contribution in [3.8, 4) is 0 Å². The van der Waals surface area contributed by atoms with E-state index in [-0.39, 0.29) is 23.3 Å². The average molecular weight is 1080 g/mol. The van der Waals surface area contributed by atoms with E-state index in [0.717, 1.165) is 142 Å². The van der Waals surface area contributed by atoms with Crippen molar-refractivity contribution in [3.63, 3.8) is 0 Å². The first-order valence-electron chi connectivity index (χ1n) is 24.9. The summed E-state index contributed by atoms with van der Waals surface area (Å²) in [6.45, 7) is 17.0. The van der Waals surface area contributed by atoms with E-state index in [1.807, 2.05) is 48.5 Å². The third-order valence-electron chi connectivity index (χ3n) is 14.5. The molecule has 0 spiro atoms. The van der Waals surface area contributed by atoms with Gasteiger partial charge in [-0.2, -0.15) is 0 Å². The Kier molecular flexibility index (Phi) is 12.5. The molecule has 12 aromatic rings. The van der Waals surface area contributed by atoms with E-state index in [1.54, 1.807) is 45.3 Å². The monoisotopic (exact) mass is 1080 g/mol. The second kappa shape index (κ2) is 19.3. The second-order valence-corrected chi connectivity index (χ2v) is 23.8. The molecule has 4 nitrogen and oxygen atoms in total. The molecule has 12 rings (SSSR count). The van der Waals surface area contributed by atoms with Crippen molar-refractivity contribution in [3.05, 3.63) is 220 Å². The number of aryl methyl sites for hydroxylation is 8. The van der Waals surface area contributed by atoms with Crippen LogP contribution in [0.4, 0.5) is 85.8 Å². The summed E-state index contributed by atoms with van der Waals surface area (Å²) in [4.78, 5) is 13.4. The molecule has 0 saturated carbocycles. The van der Waals surface area contributed by atoms with Crippen molar-refractivity contribution in [1.82, 2.24) is 0 Å². The lowest BCUT2D eigenvalue weighted by Crippen LogP contribution is -2.17. The van der Waals surface area contributed by atoms with Crippen molar-refractivity contribution < 1.29 is 17.6 Å². The number of nitrogens with zero attached hydrogens (tertiary/aromatic N) is 4. The summed E-state index contributed by atoms with van der Waals surface area (Å²) in [5.41, 5.74) is 14.8. The van der Waals surface area contributed by atoms with Gasteiger partial charge in [0.25, 0.3) is 0 Å². The summed E-state index contributed by atoms with van der Waals surface area (Å²) in [6.07, 6.45) is 0. The number of hydrogen-bond donors (Lipinski definition) is 0. The Hall–Kier alpha value is -7.48. The largest absolute Gasteiger partial charge is 0.308 e. The highest BCUT2D eigenvalue weighted by Crippen LogP contribution is 2.57. The Morgan fingerprint density at radius 3 is 0.645 bits per heavy atom. The van der Waals surface area contributed by atoms with E-state index in [0.29, 0.717) is 0 Å². The molecule has 0 radical (unpaired) electrons. The van der Waals surface area contributed by atoms with Gasteiger partial charge < -0.3 is 19.6 Å². The number of thiophene rings is 4. The number of halogens is 4. The predicted octanol–water partition coefficient (Wildman–Crippen LogP) is 21.7. The summed E-state index contributed by atoms with van der Waals surface area (Å²) < 4.78 is 60.4. The average Bonchev–Trinajstić information content (AvgIpc) is 4.25. The Labute approximate surface area is 455 Å². The van der Waals surface area contributed by atoms with Crippen LogP contribution in [0.2, 0.25) is 0 Å². The van der Waals surface area contributed by atoms with Gasteiger partial charge in [0.05, 0.1) is 45.5 Å². The van der Waals surface area contributed by atoms with Crippen molar-refractivity contribution >= 4 is 146 Å². The van der Waals surface area contributed by atoms with E-state index < -0.39 is 0 Å². The van der Waals surface area contributed by atoms with Gasteiger partial charge in [-0.25, -0.2) is 17.6 Å². The third kappa shape index (κ3) is 8.21. The highest BCUT2D eigenvalue weighted by molar-refractivity contribution is 7.11. The molecular weight excluding hydrogens is 1030 g/mol. The molecule has 0 aliphatic carbocycles. The molecule has 8 aromatic carbocycles. The lowest BCUT2D eigenvalue weighted by atomic mass is 9.89. The van der Waals surface area contributed by atoms with E-state index in [2.05, 4.69) is 133 Å². The van der Waals surface area contributed by atoms with Crippen molar-refractivity contribution in [2.45, 2.75) is 55.4 Å². The first-order valence-corrected chi connectivity index (χ1v) is 28.4. The summed E-state index contributed by atoms with van der Waals surface area (Å²) >= 11 is 6.68. The fourth-order valence-corrected chi connectivity index (χ4v) is 14.5. The van der Waals surface area contributed by atoms with Crippen LogP contribution in [0.3, 0.4) is 0 Å². The van der Waals surface area contributed by atoms with Crippen LogP contribution in [-0.2, 0) is 0 Å². The van der Waals surface area contributed by atoms with Gasteiger partial charge in [-0.05, 0) is 208 Å². The maximum Gasteiger partial charge on any atom is 0.123 e. The smallest absolute Gasteiger partial charge is 0.123 e. The van der Waals surface area contributed by atoms with Crippen molar-refractivity contribution in [2.24, 2.45) is 0 Å². The fourth-order valence-electron chi connectivity index (χ4n) is 11.2. The number of benzene rings is 8. The van der Waals surface area contributed by atoms with Crippen molar-refractivity contribution in [1.29, 1.82) is 0 Å². The molecule has 76 heavy (non-hydrogen) atoms. The standard InChI is InChI=1S/C64H50F4N4S4/c1-35-31-73-39(5)61(35)69(47-17-9-43(65)10-18-47)55-29-56(70(48-19-11-44(66)12-20-48)62-36(2)32-74-40(62)6)52-27-28-54-58(72(50-23-15-46(68)16-24-50)64-38(4)34-76-42(64)8)30-57(53-26-25-51(55)59(52)60(53)54)71(49-21-13-45(67)14-22-49)63-37(3)33-75-41(63)7/h9-34H,1-8H3. The van der Waals surface area contributed by atoms with Crippen LogP contribution >= 0.6 is 45.3 Å². The third-order valence-corrected chi connectivity index (χ3v) is 18.6. The molecule has 0 saturated heterocycles. The Morgan fingerprint density at radius 1 is 0.276 bits per heavy atom. The zero-order valence-corrected chi connectivity index (χ0v) is 46.2. The fraction of sp³-hybridized carbons (Fsp3) is 0.125. The Bertz CT molecular complexity index is 3550. The molecule has 0 N–H and O–H groups in total. The Balaban J connectivity index is 1.32. The topological polar surface area (TPSA) is 13.0 Å². The molecule has 12 heteroatoms. The minimum absolute atomic E-state index is 0.340. The van der Waals surface area contributed by atoms with Gasteiger partial charge in [0, 0.05) is 74.6 Å². The van der Waals surface area contributed by atoms with Gasteiger partial charge >= 0.3 is 0 Å².